The van der Waals surface area contributed by atoms with Gasteiger partial charge in [-0.2, -0.15) is 5.10 Å². The zero-order valence-electron chi connectivity index (χ0n) is 15.9. The van der Waals surface area contributed by atoms with Crippen molar-refractivity contribution < 1.29 is 4.79 Å². The van der Waals surface area contributed by atoms with Crippen LogP contribution in [0.25, 0.3) is 22.3 Å². The standard InChI is InChI=1S/C21H19N7O/c1-27-12-9-18(26-27)28-13-8-17(21(28)29)24-20-15-4-2-3-5-16(15)23-19(25-20)14-6-10-22-11-7-14/h2-7,9-12,17H,8,13H2,1H3,(H,23,24,25). The number of rotatable bonds is 4. The lowest BCUT2D eigenvalue weighted by atomic mass is 10.2. The Morgan fingerprint density at radius 3 is 2.69 bits per heavy atom. The molecule has 8 heteroatoms. The van der Waals surface area contributed by atoms with E-state index in [1.165, 1.54) is 0 Å². The molecule has 1 amide bonds. The molecule has 3 aromatic heterocycles. The van der Waals surface area contributed by atoms with Crippen LogP contribution in [-0.2, 0) is 11.8 Å². The average molecular weight is 385 g/mol. The van der Waals surface area contributed by atoms with E-state index in [4.69, 9.17) is 4.98 Å². The van der Waals surface area contributed by atoms with Gasteiger partial charge in [0, 0.05) is 49.2 Å². The first-order valence-electron chi connectivity index (χ1n) is 9.44. The molecule has 144 valence electrons. The maximum Gasteiger partial charge on any atom is 0.250 e. The summed E-state index contributed by atoms with van der Waals surface area (Å²) in [5.74, 6) is 1.92. The minimum Gasteiger partial charge on any atom is -0.358 e. The van der Waals surface area contributed by atoms with Gasteiger partial charge in [0.1, 0.15) is 11.9 Å². The third-order valence-electron chi connectivity index (χ3n) is 5.03. The zero-order chi connectivity index (χ0) is 19.8. The summed E-state index contributed by atoms with van der Waals surface area (Å²) in [6.07, 6.45) is 5.94. The topological polar surface area (TPSA) is 88.8 Å². The number of fused-ring (bicyclic) bond motifs is 1. The van der Waals surface area contributed by atoms with Crippen LogP contribution < -0.4 is 10.2 Å². The quantitative estimate of drug-likeness (QED) is 0.581. The molecule has 1 unspecified atom stereocenters. The van der Waals surface area contributed by atoms with Gasteiger partial charge in [0.25, 0.3) is 5.91 Å². The lowest BCUT2D eigenvalue weighted by Gasteiger charge is -2.16. The molecule has 1 aromatic carbocycles. The van der Waals surface area contributed by atoms with Gasteiger partial charge in [0.05, 0.1) is 5.52 Å². The number of benzene rings is 1. The van der Waals surface area contributed by atoms with Crippen LogP contribution in [0.4, 0.5) is 11.6 Å². The van der Waals surface area contributed by atoms with Gasteiger partial charge >= 0.3 is 0 Å². The first-order chi connectivity index (χ1) is 14.2. The second kappa shape index (κ2) is 6.97. The zero-order valence-corrected chi connectivity index (χ0v) is 15.9. The van der Waals surface area contributed by atoms with Crippen molar-refractivity contribution >= 4 is 28.4 Å². The summed E-state index contributed by atoms with van der Waals surface area (Å²) in [5, 5.41) is 8.59. The van der Waals surface area contributed by atoms with Crippen molar-refractivity contribution in [3.8, 4) is 11.4 Å². The summed E-state index contributed by atoms with van der Waals surface area (Å²) in [7, 11) is 1.84. The number of carbonyl (C=O) groups is 1. The van der Waals surface area contributed by atoms with Crippen molar-refractivity contribution in [3.05, 3.63) is 61.1 Å². The average Bonchev–Trinajstić information content (AvgIpc) is 3.34. The minimum atomic E-state index is -0.361. The number of pyridine rings is 1. The summed E-state index contributed by atoms with van der Waals surface area (Å²) in [4.78, 5) is 28.2. The van der Waals surface area contributed by atoms with Crippen LogP contribution in [0, 0.1) is 0 Å². The molecule has 0 saturated carbocycles. The highest BCUT2D eigenvalue weighted by atomic mass is 16.2. The van der Waals surface area contributed by atoms with Crippen LogP contribution >= 0.6 is 0 Å². The first-order valence-corrected chi connectivity index (χ1v) is 9.44. The number of anilines is 2. The fourth-order valence-electron chi connectivity index (χ4n) is 3.57. The molecule has 0 aliphatic carbocycles. The Kier molecular flexibility index (Phi) is 4.16. The van der Waals surface area contributed by atoms with E-state index in [1.807, 2.05) is 55.7 Å². The number of para-hydroxylation sites is 1. The van der Waals surface area contributed by atoms with Crippen LogP contribution in [0.3, 0.4) is 0 Å². The Morgan fingerprint density at radius 1 is 1.07 bits per heavy atom. The predicted octanol–water partition coefficient (Wildman–Crippen LogP) is 2.64. The Morgan fingerprint density at radius 2 is 1.90 bits per heavy atom. The van der Waals surface area contributed by atoms with Crippen LogP contribution in [0.15, 0.2) is 61.1 Å². The molecular weight excluding hydrogens is 366 g/mol. The third kappa shape index (κ3) is 3.18. The fraction of sp³-hybridized carbons (Fsp3) is 0.190. The van der Waals surface area contributed by atoms with Crippen LogP contribution in [0.5, 0.6) is 0 Å². The monoisotopic (exact) mass is 385 g/mol. The van der Waals surface area contributed by atoms with Gasteiger partial charge in [-0.15, -0.1) is 0 Å². The number of aromatic nitrogens is 5. The Balaban J connectivity index is 1.49. The molecule has 1 saturated heterocycles. The van der Waals surface area contributed by atoms with E-state index < -0.39 is 0 Å². The number of amides is 1. The SMILES string of the molecule is Cn1ccc(N2CCC(Nc3nc(-c4ccncc4)nc4ccccc34)C2=O)n1. The summed E-state index contributed by atoms with van der Waals surface area (Å²) in [6, 6.07) is 13.0. The van der Waals surface area contributed by atoms with E-state index in [0.717, 1.165) is 16.5 Å². The maximum absolute atomic E-state index is 13.0. The van der Waals surface area contributed by atoms with Gasteiger partial charge in [0.15, 0.2) is 11.6 Å². The molecule has 8 nitrogen and oxygen atoms in total. The van der Waals surface area contributed by atoms with E-state index >= 15 is 0 Å². The molecule has 4 heterocycles. The molecule has 5 rings (SSSR count). The van der Waals surface area contributed by atoms with Crippen molar-refractivity contribution in [2.75, 3.05) is 16.8 Å². The van der Waals surface area contributed by atoms with Crippen LogP contribution in [0.1, 0.15) is 6.42 Å². The van der Waals surface area contributed by atoms with Crippen molar-refractivity contribution in [2.24, 2.45) is 7.05 Å². The van der Waals surface area contributed by atoms with Gasteiger partial charge in [-0.1, -0.05) is 12.1 Å². The maximum atomic E-state index is 13.0. The number of nitrogens with one attached hydrogen (secondary N) is 1. The molecule has 1 N–H and O–H groups in total. The van der Waals surface area contributed by atoms with E-state index in [0.29, 0.717) is 30.4 Å². The lowest BCUT2D eigenvalue weighted by molar-refractivity contribution is -0.117. The van der Waals surface area contributed by atoms with Crippen molar-refractivity contribution in [1.82, 2.24) is 24.7 Å². The molecule has 1 aliphatic rings. The second-order valence-electron chi connectivity index (χ2n) is 6.97. The number of hydrogen-bond acceptors (Lipinski definition) is 6. The Hall–Kier alpha value is -3.81. The number of hydrogen-bond donors (Lipinski definition) is 1. The van der Waals surface area contributed by atoms with Gasteiger partial charge in [-0.3, -0.25) is 19.4 Å². The molecule has 0 bridgehead atoms. The van der Waals surface area contributed by atoms with Crippen molar-refractivity contribution in [1.29, 1.82) is 0 Å². The van der Waals surface area contributed by atoms with Gasteiger partial charge in [-0.05, 0) is 30.7 Å². The van der Waals surface area contributed by atoms with E-state index in [2.05, 4.69) is 20.4 Å². The van der Waals surface area contributed by atoms with Crippen molar-refractivity contribution in [2.45, 2.75) is 12.5 Å². The highest BCUT2D eigenvalue weighted by Gasteiger charge is 2.34. The molecule has 1 fully saturated rings. The minimum absolute atomic E-state index is 0.00291. The summed E-state index contributed by atoms with van der Waals surface area (Å²) < 4.78 is 1.70. The van der Waals surface area contributed by atoms with E-state index in [1.54, 1.807) is 22.0 Å². The van der Waals surface area contributed by atoms with Gasteiger partial charge in [0.2, 0.25) is 0 Å². The largest absolute Gasteiger partial charge is 0.358 e. The fourth-order valence-corrected chi connectivity index (χ4v) is 3.57. The molecule has 1 atom stereocenters. The van der Waals surface area contributed by atoms with E-state index in [9.17, 15) is 4.79 Å². The van der Waals surface area contributed by atoms with Crippen molar-refractivity contribution in [3.63, 3.8) is 0 Å². The number of nitrogens with zero attached hydrogens (tertiary/aromatic N) is 6. The lowest BCUT2D eigenvalue weighted by Crippen LogP contribution is -2.34. The molecule has 1 aliphatic heterocycles. The highest BCUT2D eigenvalue weighted by molar-refractivity contribution is 6.01. The highest BCUT2D eigenvalue weighted by Crippen LogP contribution is 2.27. The number of aryl methyl sites for hydroxylation is 1. The van der Waals surface area contributed by atoms with Gasteiger partial charge < -0.3 is 5.32 Å². The predicted molar refractivity (Wildman–Crippen MR) is 110 cm³/mol. The number of carbonyl (C=O) groups excluding carboxylic acids is 1. The molecule has 0 radical (unpaired) electrons. The smallest absolute Gasteiger partial charge is 0.250 e. The molecular formula is C21H19N7O. The summed E-state index contributed by atoms with van der Waals surface area (Å²) in [5.41, 5.74) is 1.70. The van der Waals surface area contributed by atoms with E-state index in [-0.39, 0.29) is 11.9 Å². The third-order valence-corrected chi connectivity index (χ3v) is 5.03. The second-order valence-corrected chi connectivity index (χ2v) is 6.97. The van der Waals surface area contributed by atoms with Gasteiger partial charge in [-0.25, -0.2) is 9.97 Å². The first kappa shape index (κ1) is 17.3. The molecule has 4 aromatic rings. The molecule has 0 spiro atoms. The Labute approximate surface area is 167 Å². The normalized spacial score (nSPS) is 16.5. The van der Waals surface area contributed by atoms with Crippen LogP contribution in [0.2, 0.25) is 0 Å². The Bertz CT molecular complexity index is 1190. The van der Waals surface area contributed by atoms with Crippen LogP contribution in [-0.4, -0.2) is 43.2 Å². The summed E-state index contributed by atoms with van der Waals surface area (Å²) >= 11 is 0. The summed E-state index contributed by atoms with van der Waals surface area (Å²) in [6.45, 7) is 0.619. The molecule has 29 heavy (non-hydrogen) atoms.